The van der Waals surface area contributed by atoms with Crippen molar-refractivity contribution in [2.24, 2.45) is 5.92 Å². The molecule has 1 atom stereocenters. The van der Waals surface area contributed by atoms with Gasteiger partial charge < -0.3 is 9.47 Å². The van der Waals surface area contributed by atoms with E-state index in [1.807, 2.05) is 5.51 Å². The Morgan fingerprint density at radius 3 is 2.96 bits per heavy atom. The van der Waals surface area contributed by atoms with Crippen molar-refractivity contribution >= 4 is 23.1 Å². The summed E-state index contributed by atoms with van der Waals surface area (Å²) in [7, 11) is 0. The second-order valence-electron chi connectivity index (χ2n) is 7.22. The molecule has 3 aliphatic heterocycles. The molecule has 0 amide bonds. The molecule has 128 valence electrons. The molecule has 1 aromatic rings. The largest absolute Gasteiger partial charge is 0.381 e. The first kappa shape index (κ1) is 16.3. The molecule has 1 spiro atoms. The molecule has 0 saturated carbocycles. The minimum absolute atomic E-state index is 0.468. The summed E-state index contributed by atoms with van der Waals surface area (Å²) in [5.41, 5.74) is 3.16. The topological polar surface area (TPSA) is 34.6 Å². The molecule has 1 aromatic heterocycles. The third kappa shape index (κ3) is 3.76. The molecule has 3 fully saturated rings. The lowest BCUT2D eigenvalue weighted by Crippen LogP contribution is -2.58. The van der Waals surface area contributed by atoms with Gasteiger partial charge in [-0.05, 0) is 32.1 Å². The molecule has 0 N–H and O–H groups in total. The summed E-state index contributed by atoms with van der Waals surface area (Å²) in [5.74, 6) is 1.90. The third-order valence-corrected chi connectivity index (χ3v) is 7.81. The number of hydrogen-bond acceptors (Lipinski definition) is 6. The van der Waals surface area contributed by atoms with Crippen molar-refractivity contribution in [3.63, 3.8) is 0 Å². The molecule has 6 heteroatoms. The monoisotopic (exact) mass is 354 g/mol. The van der Waals surface area contributed by atoms with Crippen molar-refractivity contribution in [1.82, 2.24) is 9.88 Å². The highest BCUT2D eigenvalue weighted by molar-refractivity contribution is 8.01. The van der Waals surface area contributed by atoms with E-state index in [9.17, 15) is 0 Å². The van der Waals surface area contributed by atoms with Crippen LogP contribution in [0.3, 0.4) is 0 Å². The summed E-state index contributed by atoms with van der Waals surface area (Å²) >= 11 is 3.93. The minimum Gasteiger partial charge on any atom is -0.381 e. The summed E-state index contributed by atoms with van der Waals surface area (Å²) in [5, 5.41) is 0. The first-order valence-electron chi connectivity index (χ1n) is 8.67. The van der Waals surface area contributed by atoms with Crippen LogP contribution in [-0.2, 0) is 16.0 Å². The number of thiazole rings is 1. The van der Waals surface area contributed by atoms with Crippen LogP contribution in [0.25, 0.3) is 0 Å². The molecule has 4 nitrogen and oxygen atoms in total. The van der Waals surface area contributed by atoms with Crippen molar-refractivity contribution in [2.75, 3.05) is 38.7 Å². The van der Waals surface area contributed by atoms with Crippen molar-refractivity contribution < 1.29 is 9.47 Å². The van der Waals surface area contributed by atoms with E-state index in [1.165, 1.54) is 48.7 Å². The SMILES string of the molecule is Cc1ncsc1CN1CC2(C[C@@H](OCC3CCOCC3)CS2)C1. The molecule has 23 heavy (non-hydrogen) atoms. The van der Waals surface area contributed by atoms with Crippen LogP contribution in [0, 0.1) is 12.8 Å². The smallest absolute Gasteiger partial charge is 0.0798 e. The van der Waals surface area contributed by atoms with Gasteiger partial charge in [0.1, 0.15) is 0 Å². The molecular weight excluding hydrogens is 328 g/mol. The van der Waals surface area contributed by atoms with Crippen LogP contribution >= 0.6 is 23.1 Å². The average molecular weight is 355 g/mol. The maximum Gasteiger partial charge on any atom is 0.0798 e. The molecule has 0 radical (unpaired) electrons. The van der Waals surface area contributed by atoms with Crippen molar-refractivity contribution in [2.45, 2.75) is 43.6 Å². The standard InChI is InChI=1S/C17H26N2O2S2/c1-13-16(22-12-18-13)7-19-10-17(11-19)6-15(9-23-17)21-8-14-2-4-20-5-3-14/h12,14-15H,2-11H2,1H3/t15-/m1/s1. The van der Waals surface area contributed by atoms with E-state index in [1.54, 1.807) is 11.3 Å². The van der Waals surface area contributed by atoms with Crippen LogP contribution < -0.4 is 0 Å². The molecule has 4 rings (SSSR count). The van der Waals surface area contributed by atoms with E-state index >= 15 is 0 Å². The predicted molar refractivity (Wildman–Crippen MR) is 95.2 cm³/mol. The molecule has 3 aliphatic rings. The number of ether oxygens (including phenoxy) is 2. The van der Waals surface area contributed by atoms with Gasteiger partial charge in [-0.3, -0.25) is 4.90 Å². The van der Waals surface area contributed by atoms with Gasteiger partial charge in [-0.15, -0.1) is 23.1 Å². The van der Waals surface area contributed by atoms with Crippen LogP contribution in [-0.4, -0.2) is 59.4 Å². The second kappa shape index (κ2) is 7.00. The molecule has 3 saturated heterocycles. The Morgan fingerprint density at radius 2 is 2.22 bits per heavy atom. The summed E-state index contributed by atoms with van der Waals surface area (Å²) < 4.78 is 12.1. The number of rotatable bonds is 5. The highest BCUT2D eigenvalue weighted by Crippen LogP contribution is 2.46. The molecule has 0 unspecified atom stereocenters. The zero-order valence-corrected chi connectivity index (χ0v) is 15.5. The molecule has 4 heterocycles. The van der Waals surface area contributed by atoms with Crippen LogP contribution in [0.4, 0.5) is 0 Å². The Balaban J connectivity index is 1.20. The minimum atomic E-state index is 0.468. The van der Waals surface area contributed by atoms with Crippen molar-refractivity contribution in [1.29, 1.82) is 0 Å². The van der Waals surface area contributed by atoms with E-state index in [2.05, 4.69) is 28.6 Å². The Kier molecular flexibility index (Phi) is 4.97. The number of likely N-dealkylation sites (tertiary alicyclic amines) is 1. The van der Waals surface area contributed by atoms with E-state index in [0.29, 0.717) is 10.9 Å². The van der Waals surface area contributed by atoms with Gasteiger partial charge in [0, 0.05) is 54.8 Å². The van der Waals surface area contributed by atoms with Crippen LogP contribution in [0.5, 0.6) is 0 Å². The van der Waals surface area contributed by atoms with Crippen LogP contribution in [0.1, 0.15) is 29.8 Å². The number of nitrogens with zero attached hydrogens (tertiary/aromatic N) is 2. The van der Waals surface area contributed by atoms with E-state index < -0.39 is 0 Å². The van der Waals surface area contributed by atoms with Gasteiger partial charge in [0.15, 0.2) is 0 Å². The van der Waals surface area contributed by atoms with Crippen molar-refractivity contribution in [3.8, 4) is 0 Å². The Labute approximate surface area is 146 Å². The average Bonchev–Trinajstić information content (AvgIpc) is 3.13. The lowest BCUT2D eigenvalue weighted by Gasteiger charge is -2.47. The van der Waals surface area contributed by atoms with Crippen LogP contribution in [0.2, 0.25) is 0 Å². The Hall–Kier alpha value is -0.140. The zero-order chi connectivity index (χ0) is 15.7. The lowest BCUT2D eigenvalue weighted by molar-refractivity contribution is -0.0132. The summed E-state index contributed by atoms with van der Waals surface area (Å²) in [6.45, 7) is 8.40. The number of aryl methyl sites for hydroxylation is 1. The van der Waals surface area contributed by atoms with Gasteiger partial charge in [-0.1, -0.05) is 0 Å². The fraction of sp³-hybridized carbons (Fsp3) is 0.824. The van der Waals surface area contributed by atoms with Gasteiger partial charge in [-0.25, -0.2) is 4.98 Å². The predicted octanol–water partition coefficient (Wildman–Crippen LogP) is 2.95. The maximum atomic E-state index is 6.23. The van der Waals surface area contributed by atoms with Crippen LogP contribution in [0.15, 0.2) is 5.51 Å². The van der Waals surface area contributed by atoms with E-state index in [0.717, 1.165) is 32.3 Å². The fourth-order valence-electron chi connectivity index (χ4n) is 3.88. The normalized spacial score (nSPS) is 28.3. The lowest BCUT2D eigenvalue weighted by atomic mass is 9.92. The number of hydrogen-bond donors (Lipinski definition) is 0. The quantitative estimate of drug-likeness (QED) is 0.812. The van der Waals surface area contributed by atoms with Gasteiger partial charge in [0.05, 0.1) is 17.3 Å². The highest BCUT2D eigenvalue weighted by atomic mass is 32.2. The number of aromatic nitrogens is 1. The van der Waals surface area contributed by atoms with E-state index in [-0.39, 0.29) is 0 Å². The molecule has 0 bridgehead atoms. The maximum absolute atomic E-state index is 6.23. The van der Waals surface area contributed by atoms with E-state index in [4.69, 9.17) is 9.47 Å². The first-order valence-corrected chi connectivity index (χ1v) is 10.5. The third-order valence-electron chi connectivity index (χ3n) is 5.32. The Bertz CT molecular complexity index is 524. The highest BCUT2D eigenvalue weighted by Gasteiger charge is 2.49. The molecule has 0 aromatic carbocycles. The molecular formula is C17H26N2O2S2. The summed E-state index contributed by atoms with van der Waals surface area (Å²) in [6, 6.07) is 0. The number of thioether (sulfide) groups is 1. The zero-order valence-electron chi connectivity index (χ0n) is 13.8. The fourth-order valence-corrected chi connectivity index (χ4v) is 6.30. The molecule has 0 aliphatic carbocycles. The second-order valence-corrected chi connectivity index (χ2v) is 9.64. The first-order chi connectivity index (χ1) is 11.2. The van der Waals surface area contributed by atoms with Gasteiger partial charge >= 0.3 is 0 Å². The van der Waals surface area contributed by atoms with Crippen molar-refractivity contribution in [3.05, 3.63) is 16.1 Å². The van der Waals surface area contributed by atoms with Gasteiger partial charge in [0.2, 0.25) is 0 Å². The Morgan fingerprint density at radius 1 is 1.39 bits per heavy atom. The summed E-state index contributed by atoms with van der Waals surface area (Å²) in [4.78, 5) is 8.35. The van der Waals surface area contributed by atoms with Gasteiger partial charge in [0.25, 0.3) is 0 Å². The van der Waals surface area contributed by atoms with Gasteiger partial charge in [-0.2, -0.15) is 0 Å². The summed E-state index contributed by atoms with van der Waals surface area (Å²) in [6.07, 6.45) is 4.05.